The van der Waals surface area contributed by atoms with Crippen molar-refractivity contribution in [3.05, 3.63) is 6.20 Å². The summed E-state index contributed by atoms with van der Waals surface area (Å²) in [5.74, 6) is 0.140. The number of hydrogen-bond donors (Lipinski definition) is 3. The smallest absolute Gasteiger partial charge is 0.248 e. The predicted octanol–water partition coefficient (Wildman–Crippen LogP) is -0.617. The van der Waals surface area contributed by atoms with Crippen LogP contribution in [0.4, 0.5) is 5.82 Å². The summed E-state index contributed by atoms with van der Waals surface area (Å²) >= 11 is 0. The van der Waals surface area contributed by atoms with Gasteiger partial charge in [0.2, 0.25) is 10.0 Å². The summed E-state index contributed by atoms with van der Waals surface area (Å²) in [7, 11) is -3.65. The fourth-order valence-electron chi connectivity index (χ4n) is 1.87. The van der Waals surface area contributed by atoms with E-state index in [1.165, 1.54) is 10.5 Å². The second-order valence-electron chi connectivity index (χ2n) is 4.34. The molecule has 96 valence electrons. The molecule has 0 aromatic carbocycles. The number of nitrogen functional groups attached to an aromatic ring is 1. The van der Waals surface area contributed by atoms with Gasteiger partial charge in [0.15, 0.2) is 0 Å². The molecule has 0 aliphatic carbocycles. The third kappa shape index (κ3) is 2.15. The van der Waals surface area contributed by atoms with Crippen molar-refractivity contribution in [3.8, 4) is 0 Å². The molecule has 0 radical (unpaired) electrons. The van der Waals surface area contributed by atoms with Crippen molar-refractivity contribution in [3.63, 3.8) is 0 Å². The molecule has 1 saturated heterocycles. The summed E-state index contributed by atoms with van der Waals surface area (Å²) in [6.45, 7) is 2.40. The Bertz CT molecular complexity index is 498. The lowest BCUT2D eigenvalue weighted by Crippen LogP contribution is -2.45. The number of hydrogen-bond acceptors (Lipinski definition) is 5. The molecule has 2 atom stereocenters. The Morgan fingerprint density at radius 2 is 2.35 bits per heavy atom. The number of aromatic amines is 1. The van der Waals surface area contributed by atoms with Crippen molar-refractivity contribution >= 4 is 15.8 Å². The first-order valence-electron chi connectivity index (χ1n) is 5.40. The zero-order valence-corrected chi connectivity index (χ0v) is 10.3. The first kappa shape index (κ1) is 12.3. The number of anilines is 1. The first-order valence-corrected chi connectivity index (χ1v) is 6.84. The third-order valence-electron chi connectivity index (χ3n) is 3.13. The molecule has 0 bridgehead atoms. The molecule has 1 aromatic heterocycles. The molecule has 4 N–H and O–H groups in total. The molecule has 2 unspecified atom stereocenters. The molecule has 1 aliphatic heterocycles. The molecule has 1 fully saturated rings. The number of aromatic nitrogens is 2. The zero-order chi connectivity index (χ0) is 12.6. The lowest BCUT2D eigenvalue weighted by molar-refractivity contribution is 0.0605. The molecular formula is C9H16N4O3S. The first-order chi connectivity index (χ1) is 7.93. The van der Waals surface area contributed by atoms with E-state index in [1.54, 1.807) is 0 Å². The van der Waals surface area contributed by atoms with Crippen LogP contribution in [0.2, 0.25) is 0 Å². The van der Waals surface area contributed by atoms with Crippen LogP contribution < -0.4 is 5.73 Å². The Kier molecular flexibility index (Phi) is 3.11. The number of nitrogens with one attached hydrogen (secondary N) is 1. The number of sulfonamides is 1. The third-order valence-corrected chi connectivity index (χ3v) is 5.02. The highest BCUT2D eigenvalue weighted by atomic mass is 32.2. The second kappa shape index (κ2) is 4.28. The van der Waals surface area contributed by atoms with Crippen LogP contribution in [0.3, 0.4) is 0 Å². The summed E-state index contributed by atoms with van der Waals surface area (Å²) in [5.41, 5.74) is 5.51. The van der Waals surface area contributed by atoms with E-state index in [-0.39, 0.29) is 23.2 Å². The van der Waals surface area contributed by atoms with Crippen molar-refractivity contribution < 1.29 is 13.5 Å². The van der Waals surface area contributed by atoms with Gasteiger partial charge in [-0.2, -0.15) is 9.40 Å². The number of nitrogens with two attached hydrogens (primary N) is 1. The number of nitrogens with zero attached hydrogens (tertiary/aromatic N) is 2. The highest BCUT2D eigenvalue weighted by Gasteiger charge is 2.34. The minimum absolute atomic E-state index is 0.0260. The van der Waals surface area contributed by atoms with Gasteiger partial charge in [-0.25, -0.2) is 8.42 Å². The monoisotopic (exact) mass is 260 g/mol. The summed E-state index contributed by atoms with van der Waals surface area (Å²) in [4.78, 5) is -0.0285. The highest BCUT2D eigenvalue weighted by molar-refractivity contribution is 7.89. The molecular weight excluding hydrogens is 244 g/mol. The van der Waals surface area contributed by atoms with Gasteiger partial charge in [0.25, 0.3) is 0 Å². The van der Waals surface area contributed by atoms with E-state index in [0.717, 1.165) is 0 Å². The molecule has 7 nitrogen and oxygen atoms in total. The van der Waals surface area contributed by atoms with Gasteiger partial charge in [-0.05, 0) is 12.3 Å². The van der Waals surface area contributed by atoms with Gasteiger partial charge in [-0.1, -0.05) is 6.92 Å². The average Bonchev–Trinajstić information content (AvgIpc) is 2.69. The molecule has 1 aliphatic rings. The molecule has 0 saturated carbocycles. The Labute approximate surface area is 99.7 Å². The fraction of sp³-hybridized carbons (Fsp3) is 0.667. The van der Waals surface area contributed by atoms with Crippen LogP contribution in [0.25, 0.3) is 0 Å². The maximum absolute atomic E-state index is 12.2. The van der Waals surface area contributed by atoms with Gasteiger partial charge in [0, 0.05) is 13.1 Å². The van der Waals surface area contributed by atoms with Crippen LogP contribution in [0.1, 0.15) is 13.3 Å². The molecule has 0 amide bonds. The number of aliphatic hydroxyl groups excluding tert-OH is 1. The van der Waals surface area contributed by atoms with Crippen LogP contribution in [0.5, 0.6) is 0 Å². The van der Waals surface area contributed by atoms with Crippen molar-refractivity contribution in [2.45, 2.75) is 24.3 Å². The van der Waals surface area contributed by atoms with Crippen molar-refractivity contribution in [2.75, 3.05) is 18.8 Å². The van der Waals surface area contributed by atoms with E-state index in [4.69, 9.17) is 5.73 Å². The maximum Gasteiger partial charge on any atom is 0.248 e. The molecule has 2 heterocycles. The van der Waals surface area contributed by atoms with Crippen LogP contribution in [-0.4, -0.2) is 47.2 Å². The molecule has 8 heteroatoms. The van der Waals surface area contributed by atoms with E-state index in [9.17, 15) is 13.5 Å². The normalized spacial score (nSPS) is 27.2. The summed E-state index contributed by atoms with van der Waals surface area (Å²) in [6.07, 6.45) is 1.19. The second-order valence-corrected chi connectivity index (χ2v) is 6.25. The summed E-state index contributed by atoms with van der Waals surface area (Å²) in [6, 6.07) is 0. The van der Waals surface area contributed by atoms with Gasteiger partial charge in [0.05, 0.1) is 12.3 Å². The van der Waals surface area contributed by atoms with E-state index in [2.05, 4.69) is 10.2 Å². The Hall–Kier alpha value is -1.12. The fourth-order valence-corrected chi connectivity index (χ4v) is 3.35. The van der Waals surface area contributed by atoms with Crippen molar-refractivity contribution in [2.24, 2.45) is 5.92 Å². The molecule has 2 rings (SSSR count). The Morgan fingerprint density at radius 3 is 2.88 bits per heavy atom. The van der Waals surface area contributed by atoms with E-state index in [1.807, 2.05) is 6.92 Å². The lowest BCUT2D eigenvalue weighted by Gasteiger charge is -2.33. The Balaban J connectivity index is 2.26. The van der Waals surface area contributed by atoms with E-state index < -0.39 is 16.1 Å². The quantitative estimate of drug-likeness (QED) is 0.656. The van der Waals surface area contributed by atoms with Crippen LogP contribution in [0, 0.1) is 5.92 Å². The van der Waals surface area contributed by atoms with Crippen LogP contribution in [-0.2, 0) is 10.0 Å². The van der Waals surface area contributed by atoms with Crippen molar-refractivity contribution in [1.82, 2.24) is 14.5 Å². The van der Waals surface area contributed by atoms with Crippen LogP contribution >= 0.6 is 0 Å². The highest BCUT2D eigenvalue weighted by Crippen LogP contribution is 2.25. The predicted molar refractivity (Wildman–Crippen MR) is 61.5 cm³/mol. The van der Waals surface area contributed by atoms with E-state index in [0.29, 0.717) is 13.0 Å². The van der Waals surface area contributed by atoms with Crippen molar-refractivity contribution in [1.29, 1.82) is 0 Å². The maximum atomic E-state index is 12.2. The lowest BCUT2D eigenvalue weighted by atomic mass is 9.98. The molecule has 0 spiro atoms. The van der Waals surface area contributed by atoms with Gasteiger partial charge in [0.1, 0.15) is 10.7 Å². The zero-order valence-electron chi connectivity index (χ0n) is 9.50. The van der Waals surface area contributed by atoms with Gasteiger partial charge >= 0.3 is 0 Å². The van der Waals surface area contributed by atoms with Gasteiger partial charge < -0.3 is 10.8 Å². The van der Waals surface area contributed by atoms with Crippen LogP contribution in [0.15, 0.2) is 11.1 Å². The van der Waals surface area contributed by atoms with Gasteiger partial charge in [-0.3, -0.25) is 5.10 Å². The number of rotatable bonds is 2. The number of aliphatic hydroxyl groups is 1. The SMILES string of the molecule is CC1CCN(S(=O)(=O)c2cn[nH]c2N)CC1O. The largest absolute Gasteiger partial charge is 0.391 e. The number of β-amino-alcohol motifs (C(OH)–C–C–N with tert-alkyl or cyclic N) is 1. The van der Waals surface area contributed by atoms with Gasteiger partial charge in [-0.15, -0.1) is 0 Å². The topological polar surface area (TPSA) is 112 Å². The minimum atomic E-state index is -3.65. The average molecular weight is 260 g/mol. The summed E-state index contributed by atoms with van der Waals surface area (Å²) < 4.78 is 25.6. The van der Waals surface area contributed by atoms with E-state index >= 15 is 0 Å². The number of piperidine rings is 1. The Morgan fingerprint density at radius 1 is 1.65 bits per heavy atom. The summed E-state index contributed by atoms with van der Waals surface area (Å²) in [5, 5.41) is 15.7. The number of H-pyrrole nitrogens is 1. The standard InChI is InChI=1S/C9H16N4O3S/c1-6-2-3-13(5-7(6)14)17(15,16)8-4-11-12-9(8)10/h4,6-7,14H,2-3,5H2,1H3,(H3,10,11,12). The molecule has 17 heavy (non-hydrogen) atoms. The molecule has 1 aromatic rings. The minimum Gasteiger partial charge on any atom is -0.391 e.